The van der Waals surface area contributed by atoms with Gasteiger partial charge in [0.2, 0.25) is 10.0 Å². The van der Waals surface area contributed by atoms with Gasteiger partial charge in [-0.3, -0.25) is 9.71 Å². The largest absolute Gasteiger partial charge is 0.282 e. The van der Waals surface area contributed by atoms with Crippen molar-refractivity contribution in [2.45, 2.75) is 4.90 Å². The number of hydrogen-bond donors (Lipinski definition) is 2. The Labute approximate surface area is 90.5 Å². The second kappa shape index (κ2) is 5.28. The van der Waals surface area contributed by atoms with Gasteiger partial charge >= 0.3 is 0 Å². The highest BCUT2D eigenvalue weighted by molar-refractivity contribution is 7.95. The molecule has 7 nitrogen and oxygen atoms in total. The van der Waals surface area contributed by atoms with Gasteiger partial charge in [-0.15, -0.1) is 4.33 Å². The molecule has 1 aromatic heterocycles. The van der Waals surface area contributed by atoms with E-state index in [4.69, 9.17) is 5.26 Å². The molecule has 15 heavy (non-hydrogen) atoms. The minimum absolute atomic E-state index is 0.287. The molecule has 84 valence electrons. The number of pyridine rings is 1. The first kappa shape index (κ1) is 12.2. The minimum Gasteiger partial charge on any atom is -0.282 e. The van der Waals surface area contributed by atoms with E-state index in [-0.39, 0.29) is 5.69 Å². The molecule has 9 heteroatoms. The van der Waals surface area contributed by atoms with E-state index in [1.165, 1.54) is 18.5 Å². The highest BCUT2D eigenvalue weighted by Crippen LogP contribution is 2.27. The Hall–Kier alpha value is -0.870. The van der Waals surface area contributed by atoms with Crippen molar-refractivity contribution in [3.63, 3.8) is 0 Å². The second-order valence-electron chi connectivity index (χ2n) is 2.47. The topological polar surface area (TPSA) is 97.8 Å². The molecule has 0 aliphatic heterocycles. The van der Waals surface area contributed by atoms with Crippen molar-refractivity contribution in [1.82, 2.24) is 4.98 Å². The third-order valence-electron chi connectivity index (χ3n) is 1.23. The fraction of sp³-hybridized carbons (Fsp3) is 0.167. The first-order chi connectivity index (χ1) is 7.03. The van der Waals surface area contributed by atoms with Crippen molar-refractivity contribution >= 4 is 27.8 Å². The number of rotatable bonds is 5. The SMILES string of the molecule is CS(=O)(=O)Nc1ccncc1SOOO. The molecule has 0 aliphatic carbocycles. The molecule has 0 unspecified atom stereocenters. The minimum atomic E-state index is -3.37. The van der Waals surface area contributed by atoms with Crippen LogP contribution in [0.25, 0.3) is 0 Å². The Balaban J connectivity index is 2.86. The van der Waals surface area contributed by atoms with Gasteiger partial charge in [0.25, 0.3) is 0 Å². The summed E-state index contributed by atoms with van der Waals surface area (Å²) in [5, 5.41) is 11.3. The van der Waals surface area contributed by atoms with Crippen LogP contribution in [0.2, 0.25) is 0 Å². The fourth-order valence-electron chi connectivity index (χ4n) is 0.782. The molecule has 0 fully saturated rings. The Kier molecular flexibility index (Phi) is 4.29. The van der Waals surface area contributed by atoms with E-state index < -0.39 is 10.0 Å². The fourth-order valence-corrected chi connectivity index (χ4v) is 1.84. The molecule has 0 saturated heterocycles. The highest BCUT2D eigenvalue weighted by Gasteiger charge is 2.08. The van der Waals surface area contributed by atoms with Crippen LogP contribution in [0.15, 0.2) is 23.4 Å². The van der Waals surface area contributed by atoms with Gasteiger partial charge in [-0.05, 0) is 6.07 Å². The van der Waals surface area contributed by atoms with E-state index in [0.717, 1.165) is 6.26 Å². The summed E-state index contributed by atoms with van der Waals surface area (Å²) in [6, 6.07) is 1.45. The molecule has 1 rings (SSSR count). The number of nitrogens with zero attached hydrogens (tertiary/aromatic N) is 1. The number of anilines is 1. The van der Waals surface area contributed by atoms with Crippen molar-refractivity contribution in [2.75, 3.05) is 11.0 Å². The van der Waals surface area contributed by atoms with Gasteiger partial charge in [0, 0.05) is 12.4 Å². The van der Waals surface area contributed by atoms with Crippen LogP contribution in [0.4, 0.5) is 5.69 Å². The second-order valence-corrected chi connectivity index (χ2v) is 4.96. The van der Waals surface area contributed by atoms with Gasteiger partial charge < -0.3 is 0 Å². The van der Waals surface area contributed by atoms with Crippen LogP contribution in [0.1, 0.15) is 0 Å². The van der Waals surface area contributed by atoms with Gasteiger partial charge in [0.15, 0.2) is 0 Å². The Bertz CT molecular complexity index is 421. The first-order valence-corrected chi connectivity index (χ1v) is 6.23. The van der Waals surface area contributed by atoms with Gasteiger partial charge in [0.1, 0.15) is 0 Å². The Morgan fingerprint density at radius 1 is 1.60 bits per heavy atom. The van der Waals surface area contributed by atoms with E-state index in [0.29, 0.717) is 16.9 Å². The van der Waals surface area contributed by atoms with E-state index in [2.05, 4.69) is 19.1 Å². The van der Waals surface area contributed by atoms with Crippen LogP contribution < -0.4 is 4.72 Å². The summed E-state index contributed by atoms with van der Waals surface area (Å²) in [5.74, 6) is 0. The van der Waals surface area contributed by atoms with Gasteiger partial charge in [0.05, 0.1) is 28.9 Å². The molecule has 0 radical (unpaired) electrons. The molecule has 0 bridgehead atoms. The highest BCUT2D eigenvalue weighted by atomic mass is 32.2. The van der Waals surface area contributed by atoms with Gasteiger partial charge in [-0.1, -0.05) is 5.04 Å². The third-order valence-corrected chi connectivity index (χ3v) is 2.46. The lowest BCUT2D eigenvalue weighted by atomic mass is 10.4. The molecule has 1 aromatic rings. The van der Waals surface area contributed by atoms with Crippen LogP contribution in [-0.4, -0.2) is 24.9 Å². The lowest BCUT2D eigenvalue weighted by Gasteiger charge is -2.07. The molecule has 0 saturated carbocycles. The average Bonchev–Trinajstić information content (AvgIpc) is 2.14. The lowest BCUT2D eigenvalue weighted by Crippen LogP contribution is -2.10. The third kappa shape index (κ3) is 4.44. The van der Waals surface area contributed by atoms with Crippen molar-refractivity contribution in [1.29, 1.82) is 0 Å². The zero-order valence-electron chi connectivity index (χ0n) is 7.58. The molecule has 0 aliphatic rings. The summed E-state index contributed by atoms with van der Waals surface area (Å²) < 4.78 is 28.4. The van der Waals surface area contributed by atoms with Gasteiger partial charge in [-0.2, -0.15) is 0 Å². The molecular weight excluding hydrogens is 244 g/mol. The van der Waals surface area contributed by atoms with E-state index in [9.17, 15) is 8.42 Å². The van der Waals surface area contributed by atoms with Crippen LogP contribution >= 0.6 is 12.0 Å². The van der Waals surface area contributed by atoms with E-state index in [1.807, 2.05) is 0 Å². The molecular formula is C6H8N2O5S2. The molecule has 0 atom stereocenters. The molecule has 0 spiro atoms. The van der Waals surface area contributed by atoms with Crippen molar-refractivity contribution in [3.05, 3.63) is 18.5 Å². The van der Waals surface area contributed by atoms with E-state index in [1.54, 1.807) is 0 Å². The van der Waals surface area contributed by atoms with Crippen molar-refractivity contribution in [2.24, 2.45) is 0 Å². The van der Waals surface area contributed by atoms with Crippen molar-refractivity contribution in [3.8, 4) is 0 Å². The maximum atomic E-state index is 11.0. The monoisotopic (exact) mass is 252 g/mol. The quantitative estimate of drug-likeness (QED) is 0.456. The zero-order chi connectivity index (χ0) is 11.3. The van der Waals surface area contributed by atoms with Crippen LogP contribution in [-0.2, 0) is 19.4 Å². The summed E-state index contributed by atoms with van der Waals surface area (Å²) in [6.45, 7) is 0. The maximum absolute atomic E-state index is 11.0. The first-order valence-electron chi connectivity index (χ1n) is 3.59. The smallest absolute Gasteiger partial charge is 0.229 e. The zero-order valence-corrected chi connectivity index (χ0v) is 9.21. The number of nitrogens with one attached hydrogen (secondary N) is 1. The van der Waals surface area contributed by atoms with Gasteiger partial charge in [-0.25, -0.2) is 13.7 Å². The molecule has 0 aromatic carbocycles. The molecule has 1 heterocycles. The summed E-state index contributed by atoms with van der Waals surface area (Å²) >= 11 is 0.626. The molecule has 2 N–H and O–H groups in total. The lowest BCUT2D eigenvalue weighted by molar-refractivity contribution is -0.432. The van der Waals surface area contributed by atoms with Crippen LogP contribution in [0.5, 0.6) is 0 Å². The standard InChI is InChI=1S/C6H8N2O5S2/c1-15(10,11)8-5-2-3-7-4-6(5)14-13-12-9/h2-4,9H,1H3,(H,7,8). The Morgan fingerprint density at radius 2 is 2.33 bits per heavy atom. The number of sulfonamides is 1. The maximum Gasteiger partial charge on any atom is 0.229 e. The number of aromatic nitrogens is 1. The van der Waals surface area contributed by atoms with Crippen LogP contribution in [0, 0.1) is 0 Å². The van der Waals surface area contributed by atoms with E-state index >= 15 is 0 Å². The van der Waals surface area contributed by atoms with Crippen LogP contribution in [0.3, 0.4) is 0 Å². The summed E-state index contributed by atoms with van der Waals surface area (Å²) in [6.07, 6.45) is 3.79. The summed E-state index contributed by atoms with van der Waals surface area (Å²) in [5.41, 5.74) is 0.287. The summed E-state index contributed by atoms with van der Waals surface area (Å²) in [7, 11) is -3.37. The average molecular weight is 252 g/mol. The molecule has 0 amide bonds. The number of hydrogen-bond acceptors (Lipinski definition) is 7. The summed E-state index contributed by atoms with van der Waals surface area (Å²) in [4.78, 5) is 4.11. The van der Waals surface area contributed by atoms with Crippen molar-refractivity contribution < 1.29 is 23.0 Å². The Morgan fingerprint density at radius 3 is 2.93 bits per heavy atom. The normalized spacial score (nSPS) is 11.3. The predicted octanol–water partition coefficient (Wildman–Crippen LogP) is 0.881. The predicted molar refractivity (Wildman–Crippen MR) is 53.4 cm³/mol.